The highest BCUT2D eigenvalue weighted by atomic mass is 32.1. The van der Waals surface area contributed by atoms with E-state index in [1.54, 1.807) is 0 Å². The maximum Gasteiger partial charge on any atom is 0.333 e. The van der Waals surface area contributed by atoms with Gasteiger partial charge in [0.15, 0.2) is 5.54 Å². The number of rotatable bonds is 4. The van der Waals surface area contributed by atoms with E-state index in [2.05, 4.69) is 17.9 Å². The fraction of sp³-hybridized carbons (Fsp3) is 0.800. The smallest absolute Gasteiger partial charge is 0.333 e. The number of thiol groups is 1. The molecule has 5 nitrogen and oxygen atoms in total. The van der Waals surface area contributed by atoms with Gasteiger partial charge in [-0.2, -0.15) is 12.6 Å². The maximum absolute atomic E-state index is 11.3. The number of hydrogen-bond acceptors (Lipinski definition) is 4. The number of hydrogen-bond donors (Lipinski definition) is 3. The fourth-order valence-corrected chi connectivity index (χ4v) is 2.34. The SMILES string of the molecule is CC(=O)NC(CS)(C(=O)O)C1CCCCO1. The van der Waals surface area contributed by atoms with Gasteiger partial charge in [-0.1, -0.05) is 0 Å². The molecule has 1 heterocycles. The average molecular weight is 247 g/mol. The summed E-state index contributed by atoms with van der Waals surface area (Å²) in [6, 6.07) is 0. The Morgan fingerprint density at radius 1 is 1.56 bits per heavy atom. The molecule has 1 aliphatic rings. The molecule has 1 aliphatic heterocycles. The predicted octanol–water partition coefficient (Wildman–Crippen LogP) is 0.445. The summed E-state index contributed by atoms with van der Waals surface area (Å²) in [5.74, 6) is -1.46. The van der Waals surface area contributed by atoms with Crippen LogP contribution in [0.5, 0.6) is 0 Å². The largest absolute Gasteiger partial charge is 0.479 e. The lowest BCUT2D eigenvalue weighted by atomic mass is 9.89. The van der Waals surface area contributed by atoms with Crippen LogP contribution in [-0.4, -0.2) is 41.0 Å². The van der Waals surface area contributed by atoms with Crippen molar-refractivity contribution in [3.63, 3.8) is 0 Å². The lowest BCUT2D eigenvalue weighted by Crippen LogP contribution is -2.64. The van der Waals surface area contributed by atoms with Crippen LogP contribution in [0.2, 0.25) is 0 Å². The van der Waals surface area contributed by atoms with Crippen molar-refractivity contribution >= 4 is 24.5 Å². The van der Waals surface area contributed by atoms with E-state index in [0.717, 1.165) is 12.8 Å². The first kappa shape index (κ1) is 13.3. The van der Waals surface area contributed by atoms with E-state index in [4.69, 9.17) is 4.74 Å². The lowest BCUT2D eigenvalue weighted by Gasteiger charge is -2.38. The Balaban J connectivity index is 2.90. The third-order valence-corrected chi connectivity index (χ3v) is 3.26. The van der Waals surface area contributed by atoms with Gasteiger partial charge in [0.2, 0.25) is 5.91 Å². The molecule has 92 valence electrons. The van der Waals surface area contributed by atoms with Gasteiger partial charge >= 0.3 is 5.97 Å². The van der Waals surface area contributed by atoms with Crippen LogP contribution in [-0.2, 0) is 14.3 Å². The summed E-state index contributed by atoms with van der Waals surface area (Å²) in [7, 11) is 0. The molecular formula is C10H17NO4S. The second-order valence-corrected chi connectivity index (χ2v) is 4.29. The number of aliphatic carboxylic acids is 1. The number of nitrogens with one attached hydrogen (secondary N) is 1. The second-order valence-electron chi connectivity index (χ2n) is 3.97. The Morgan fingerprint density at radius 2 is 2.25 bits per heavy atom. The Bertz CT molecular complexity index is 278. The van der Waals surface area contributed by atoms with Crippen LogP contribution in [0, 0.1) is 0 Å². The lowest BCUT2D eigenvalue weighted by molar-refractivity contribution is -0.156. The Kier molecular flexibility index (Phi) is 4.61. The Morgan fingerprint density at radius 3 is 2.62 bits per heavy atom. The van der Waals surface area contributed by atoms with Crippen LogP contribution in [0.4, 0.5) is 0 Å². The number of carbonyl (C=O) groups is 2. The van der Waals surface area contributed by atoms with Crippen molar-refractivity contribution in [2.45, 2.75) is 37.8 Å². The number of carboxylic acid groups (broad SMARTS) is 1. The molecule has 0 aromatic carbocycles. The summed E-state index contributed by atoms with van der Waals surface area (Å²) >= 11 is 4.05. The van der Waals surface area contributed by atoms with Gasteiger partial charge < -0.3 is 15.2 Å². The van der Waals surface area contributed by atoms with Crippen LogP contribution in [0.1, 0.15) is 26.2 Å². The quantitative estimate of drug-likeness (QED) is 0.630. The molecule has 0 bridgehead atoms. The first-order chi connectivity index (χ1) is 7.53. The summed E-state index contributed by atoms with van der Waals surface area (Å²) in [6.07, 6.45) is 1.97. The van der Waals surface area contributed by atoms with Crippen molar-refractivity contribution in [3.8, 4) is 0 Å². The summed E-state index contributed by atoms with van der Waals surface area (Å²) in [6.45, 7) is 1.83. The molecule has 0 radical (unpaired) electrons. The normalized spacial score (nSPS) is 24.5. The van der Waals surface area contributed by atoms with Gasteiger partial charge in [0.1, 0.15) is 0 Å². The third-order valence-electron chi connectivity index (χ3n) is 2.76. The molecular weight excluding hydrogens is 230 g/mol. The van der Waals surface area contributed by atoms with Crippen LogP contribution < -0.4 is 5.32 Å². The molecule has 1 rings (SSSR count). The minimum Gasteiger partial charge on any atom is -0.479 e. The molecule has 0 aromatic rings. The zero-order chi connectivity index (χ0) is 12.2. The van der Waals surface area contributed by atoms with Gasteiger partial charge in [-0.05, 0) is 19.3 Å². The van der Waals surface area contributed by atoms with Crippen LogP contribution in [0.3, 0.4) is 0 Å². The molecule has 1 amide bonds. The number of carboxylic acids is 1. The first-order valence-corrected chi connectivity index (χ1v) is 5.91. The van der Waals surface area contributed by atoms with E-state index in [1.807, 2.05) is 0 Å². The van der Waals surface area contributed by atoms with E-state index >= 15 is 0 Å². The highest BCUT2D eigenvalue weighted by molar-refractivity contribution is 7.80. The molecule has 2 unspecified atom stereocenters. The molecule has 2 N–H and O–H groups in total. The van der Waals surface area contributed by atoms with Gasteiger partial charge in [0, 0.05) is 19.3 Å². The van der Waals surface area contributed by atoms with E-state index in [0.29, 0.717) is 13.0 Å². The monoisotopic (exact) mass is 247 g/mol. The predicted molar refractivity (Wildman–Crippen MR) is 61.6 cm³/mol. The third kappa shape index (κ3) is 2.68. The molecule has 1 fully saturated rings. The van der Waals surface area contributed by atoms with E-state index in [9.17, 15) is 14.7 Å². The number of amides is 1. The van der Waals surface area contributed by atoms with Crippen molar-refractivity contribution < 1.29 is 19.4 Å². The molecule has 1 saturated heterocycles. The number of ether oxygens (including phenoxy) is 1. The average Bonchev–Trinajstić information content (AvgIpc) is 2.26. The van der Waals surface area contributed by atoms with Gasteiger partial charge in [-0.15, -0.1) is 0 Å². The highest BCUT2D eigenvalue weighted by Crippen LogP contribution is 2.25. The second kappa shape index (κ2) is 5.54. The Hall–Kier alpha value is -0.750. The molecule has 0 saturated carbocycles. The minimum absolute atomic E-state index is 0.0204. The van der Waals surface area contributed by atoms with E-state index < -0.39 is 17.6 Å². The van der Waals surface area contributed by atoms with Gasteiger partial charge in [-0.3, -0.25) is 4.79 Å². The summed E-state index contributed by atoms with van der Waals surface area (Å²) in [4.78, 5) is 22.4. The zero-order valence-corrected chi connectivity index (χ0v) is 10.1. The molecule has 2 atom stereocenters. The van der Waals surface area contributed by atoms with E-state index in [1.165, 1.54) is 6.92 Å². The van der Waals surface area contributed by atoms with E-state index in [-0.39, 0.29) is 11.7 Å². The summed E-state index contributed by atoms with van der Waals surface area (Å²) < 4.78 is 5.45. The molecule has 0 spiro atoms. The van der Waals surface area contributed by atoms with Crippen LogP contribution >= 0.6 is 12.6 Å². The topological polar surface area (TPSA) is 75.6 Å². The van der Waals surface area contributed by atoms with Crippen molar-refractivity contribution in [2.75, 3.05) is 12.4 Å². The van der Waals surface area contributed by atoms with Gasteiger partial charge in [0.25, 0.3) is 0 Å². The van der Waals surface area contributed by atoms with Gasteiger partial charge in [0.05, 0.1) is 6.10 Å². The fourth-order valence-electron chi connectivity index (χ4n) is 1.92. The first-order valence-electron chi connectivity index (χ1n) is 5.27. The van der Waals surface area contributed by atoms with Crippen molar-refractivity contribution in [2.24, 2.45) is 0 Å². The van der Waals surface area contributed by atoms with Gasteiger partial charge in [-0.25, -0.2) is 4.79 Å². The van der Waals surface area contributed by atoms with Crippen molar-refractivity contribution in [1.82, 2.24) is 5.32 Å². The van der Waals surface area contributed by atoms with Crippen LogP contribution in [0.25, 0.3) is 0 Å². The molecule has 0 aromatic heterocycles. The standard InChI is InChI=1S/C10H17NO4S/c1-7(12)11-10(6-16,9(13)14)8-4-2-3-5-15-8/h8,16H,2-6H2,1H3,(H,11,12)(H,13,14). The highest BCUT2D eigenvalue weighted by Gasteiger charge is 2.47. The maximum atomic E-state index is 11.3. The minimum atomic E-state index is -1.41. The molecule has 0 aliphatic carbocycles. The zero-order valence-electron chi connectivity index (χ0n) is 9.23. The summed E-state index contributed by atoms with van der Waals surface area (Å²) in [5.41, 5.74) is -1.41. The van der Waals surface area contributed by atoms with Crippen molar-refractivity contribution in [1.29, 1.82) is 0 Å². The Labute approximate surface area is 100.0 Å². The van der Waals surface area contributed by atoms with Crippen LogP contribution in [0.15, 0.2) is 0 Å². The van der Waals surface area contributed by atoms with Crippen molar-refractivity contribution in [3.05, 3.63) is 0 Å². The summed E-state index contributed by atoms with van der Waals surface area (Å²) in [5, 5.41) is 11.8. The number of carbonyl (C=O) groups excluding carboxylic acids is 1. The molecule has 16 heavy (non-hydrogen) atoms. The molecule has 6 heteroatoms.